The number of hydrogen-bond acceptors (Lipinski definition) is 6. The molecule has 3 aromatic rings. The van der Waals surface area contributed by atoms with Crippen LogP contribution < -0.4 is 14.8 Å². The zero-order chi connectivity index (χ0) is 19.4. The molecule has 2 aromatic carbocycles. The van der Waals surface area contributed by atoms with E-state index in [0.717, 1.165) is 17.0 Å². The van der Waals surface area contributed by atoms with Gasteiger partial charge in [-0.15, -0.1) is 0 Å². The molecule has 0 aliphatic rings. The lowest BCUT2D eigenvalue weighted by molar-refractivity contribution is 0.101. The van der Waals surface area contributed by atoms with Crippen LogP contribution in [-0.2, 0) is 13.6 Å². The number of aryl methyl sites for hydroxylation is 1. The predicted octanol–water partition coefficient (Wildman–Crippen LogP) is 3.31. The van der Waals surface area contributed by atoms with Crippen LogP contribution in [0.4, 0.5) is 5.69 Å². The van der Waals surface area contributed by atoms with E-state index in [1.165, 1.54) is 0 Å². The highest BCUT2D eigenvalue weighted by Gasteiger charge is 2.17. The smallest absolute Gasteiger partial charge is 0.181 e. The second kappa shape index (κ2) is 7.90. The number of aromatic nitrogens is 3. The zero-order valence-corrected chi connectivity index (χ0v) is 15.8. The van der Waals surface area contributed by atoms with Gasteiger partial charge in [-0.25, -0.2) is 4.98 Å². The van der Waals surface area contributed by atoms with E-state index >= 15 is 0 Å². The highest BCUT2D eigenvalue weighted by Crippen LogP contribution is 2.30. The van der Waals surface area contributed by atoms with Gasteiger partial charge >= 0.3 is 0 Å². The van der Waals surface area contributed by atoms with Crippen molar-refractivity contribution in [3.63, 3.8) is 0 Å². The maximum atomic E-state index is 12.3. The van der Waals surface area contributed by atoms with Crippen LogP contribution in [0.5, 0.6) is 11.5 Å². The number of ether oxygens (including phenoxy) is 2. The largest absolute Gasteiger partial charge is 0.497 e. The van der Waals surface area contributed by atoms with Crippen LogP contribution in [0.3, 0.4) is 0 Å². The fraction of sp³-hybridized carbons (Fsp3) is 0.250. The molecule has 0 atom stereocenters. The van der Waals surface area contributed by atoms with Crippen molar-refractivity contribution in [2.45, 2.75) is 13.5 Å². The molecule has 1 N–H and O–H groups in total. The van der Waals surface area contributed by atoms with Crippen molar-refractivity contribution < 1.29 is 14.3 Å². The maximum absolute atomic E-state index is 12.3. The molecule has 0 unspecified atom stereocenters. The number of hydrogen-bond donors (Lipinski definition) is 1. The third-order valence-corrected chi connectivity index (χ3v) is 4.22. The van der Waals surface area contributed by atoms with Crippen molar-refractivity contribution in [1.82, 2.24) is 14.8 Å². The number of nitrogens with one attached hydrogen (secondary N) is 1. The molecule has 0 amide bonds. The summed E-state index contributed by atoms with van der Waals surface area (Å²) in [7, 11) is 5.03. The SMILES string of the molecule is COc1ccc(CNc2cccc(-c3ncn(C)n3)c2C(C)=O)c(OC)c1. The Bertz CT molecular complexity index is 966. The monoisotopic (exact) mass is 366 g/mol. The van der Waals surface area contributed by atoms with Gasteiger partial charge in [0.25, 0.3) is 0 Å². The van der Waals surface area contributed by atoms with Crippen molar-refractivity contribution in [1.29, 1.82) is 0 Å². The summed E-state index contributed by atoms with van der Waals surface area (Å²) in [5, 5.41) is 7.66. The summed E-state index contributed by atoms with van der Waals surface area (Å²) in [6, 6.07) is 11.2. The molecule has 0 aliphatic carbocycles. The van der Waals surface area contributed by atoms with E-state index in [9.17, 15) is 4.79 Å². The van der Waals surface area contributed by atoms with Crippen molar-refractivity contribution in [3.05, 3.63) is 53.9 Å². The topological polar surface area (TPSA) is 78.3 Å². The fourth-order valence-electron chi connectivity index (χ4n) is 2.92. The minimum absolute atomic E-state index is 0.0535. The number of carbonyl (C=O) groups excluding carboxylic acids is 1. The lowest BCUT2D eigenvalue weighted by Crippen LogP contribution is -2.08. The summed E-state index contributed by atoms with van der Waals surface area (Å²) < 4.78 is 12.3. The summed E-state index contributed by atoms with van der Waals surface area (Å²) in [6.45, 7) is 2.04. The number of methoxy groups -OCH3 is 2. The number of anilines is 1. The highest BCUT2D eigenvalue weighted by atomic mass is 16.5. The van der Waals surface area contributed by atoms with E-state index in [1.807, 2.05) is 36.4 Å². The first-order valence-corrected chi connectivity index (χ1v) is 8.48. The van der Waals surface area contributed by atoms with E-state index < -0.39 is 0 Å². The van der Waals surface area contributed by atoms with Gasteiger partial charge in [-0.2, -0.15) is 5.10 Å². The highest BCUT2D eigenvalue weighted by molar-refractivity contribution is 6.05. The first-order chi connectivity index (χ1) is 13.0. The van der Waals surface area contributed by atoms with Crippen LogP contribution in [0, 0.1) is 0 Å². The molecule has 1 heterocycles. The first kappa shape index (κ1) is 18.4. The normalized spacial score (nSPS) is 10.5. The van der Waals surface area contributed by atoms with Gasteiger partial charge in [0.1, 0.15) is 17.8 Å². The molecular weight excluding hydrogens is 344 g/mol. The molecule has 0 bridgehead atoms. The van der Waals surface area contributed by atoms with Crippen LogP contribution in [0.2, 0.25) is 0 Å². The second-order valence-corrected chi connectivity index (χ2v) is 6.06. The average molecular weight is 366 g/mol. The number of benzene rings is 2. The predicted molar refractivity (Wildman–Crippen MR) is 103 cm³/mol. The number of nitrogens with zero attached hydrogens (tertiary/aromatic N) is 3. The van der Waals surface area contributed by atoms with Gasteiger partial charge in [-0.05, 0) is 25.1 Å². The quantitative estimate of drug-likeness (QED) is 0.647. The van der Waals surface area contributed by atoms with Crippen LogP contribution >= 0.6 is 0 Å². The van der Waals surface area contributed by atoms with Crippen LogP contribution in [0.15, 0.2) is 42.7 Å². The Kier molecular flexibility index (Phi) is 5.40. The number of Topliss-reactive ketones (excluding diaryl/α,β-unsaturated/α-hetero) is 1. The molecule has 7 heteroatoms. The number of ketones is 1. The van der Waals surface area contributed by atoms with Gasteiger partial charge in [0, 0.05) is 36.5 Å². The minimum atomic E-state index is -0.0535. The Labute approximate surface area is 158 Å². The molecule has 0 fully saturated rings. The number of rotatable bonds is 7. The van der Waals surface area contributed by atoms with Crippen molar-refractivity contribution in [2.75, 3.05) is 19.5 Å². The van der Waals surface area contributed by atoms with E-state index in [0.29, 0.717) is 29.2 Å². The maximum Gasteiger partial charge on any atom is 0.181 e. The van der Waals surface area contributed by atoms with Gasteiger partial charge in [0.2, 0.25) is 0 Å². The Morgan fingerprint density at radius 3 is 2.63 bits per heavy atom. The molecule has 3 rings (SSSR count). The van der Waals surface area contributed by atoms with Crippen LogP contribution in [0.25, 0.3) is 11.4 Å². The van der Waals surface area contributed by atoms with Gasteiger partial charge in [-0.3, -0.25) is 9.48 Å². The Hall–Kier alpha value is -3.35. The standard InChI is InChI=1S/C20H22N4O3/c1-13(25)19-16(20-22-12-24(2)23-20)6-5-7-17(19)21-11-14-8-9-15(26-3)10-18(14)27-4/h5-10,12,21H,11H2,1-4H3. The summed E-state index contributed by atoms with van der Waals surface area (Å²) >= 11 is 0. The van der Waals surface area contributed by atoms with Crippen molar-refractivity contribution in [3.8, 4) is 22.9 Å². The Balaban J connectivity index is 1.93. The van der Waals surface area contributed by atoms with Gasteiger partial charge < -0.3 is 14.8 Å². The summed E-state index contributed by atoms with van der Waals surface area (Å²) in [5.74, 6) is 1.91. The molecule has 140 valence electrons. The van der Waals surface area contributed by atoms with Gasteiger partial charge in [0.15, 0.2) is 11.6 Å². The molecule has 0 aliphatic heterocycles. The summed E-state index contributed by atoms with van der Waals surface area (Å²) in [5.41, 5.74) is 2.95. The lowest BCUT2D eigenvalue weighted by atomic mass is 10.0. The molecule has 27 heavy (non-hydrogen) atoms. The van der Waals surface area contributed by atoms with Crippen LogP contribution in [-0.4, -0.2) is 34.8 Å². The Morgan fingerprint density at radius 2 is 2.00 bits per heavy atom. The third-order valence-electron chi connectivity index (χ3n) is 4.22. The summed E-state index contributed by atoms with van der Waals surface area (Å²) in [4.78, 5) is 16.6. The molecule has 0 radical (unpaired) electrons. The fourth-order valence-corrected chi connectivity index (χ4v) is 2.92. The van der Waals surface area contributed by atoms with Gasteiger partial charge in [0.05, 0.1) is 19.8 Å². The van der Waals surface area contributed by atoms with E-state index in [2.05, 4.69) is 15.4 Å². The van der Waals surface area contributed by atoms with E-state index in [4.69, 9.17) is 9.47 Å². The molecule has 0 saturated heterocycles. The minimum Gasteiger partial charge on any atom is -0.497 e. The molecule has 7 nitrogen and oxygen atoms in total. The van der Waals surface area contributed by atoms with E-state index in [-0.39, 0.29) is 5.78 Å². The zero-order valence-electron chi connectivity index (χ0n) is 15.8. The van der Waals surface area contributed by atoms with Crippen LogP contribution in [0.1, 0.15) is 22.8 Å². The second-order valence-electron chi connectivity index (χ2n) is 6.06. The molecular formula is C20H22N4O3. The summed E-state index contributed by atoms with van der Waals surface area (Å²) in [6.07, 6.45) is 1.61. The van der Waals surface area contributed by atoms with Gasteiger partial charge in [-0.1, -0.05) is 12.1 Å². The average Bonchev–Trinajstić information content (AvgIpc) is 3.11. The molecule has 0 saturated carbocycles. The third kappa shape index (κ3) is 3.92. The van der Waals surface area contributed by atoms with Crippen molar-refractivity contribution >= 4 is 11.5 Å². The Morgan fingerprint density at radius 1 is 1.19 bits per heavy atom. The first-order valence-electron chi connectivity index (χ1n) is 8.48. The molecule has 0 spiro atoms. The number of carbonyl (C=O) groups is 1. The van der Waals surface area contributed by atoms with E-state index in [1.54, 1.807) is 39.2 Å². The lowest BCUT2D eigenvalue weighted by Gasteiger charge is -2.15. The molecule has 1 aromatic heterocycles. The van der Waals surface area contributed by atoms with Crippen molar-refractivity contribution in [2.24, 2.45) is 7.05 Å².